The van der Waals surface area contributed by atoms with Crippen LogP contribution in [0.25, 0.3) is 11.1 Å². The van der Waals surface area contributed by atoms with E-state index in [2.05, 4.69) is 4.98 Å². The Bertz CT molecular complexity index is 389. The lowest BCUT2D eigenvalue weighted by molar-refractivity contribution is 0.164. The van der Waals surface area contributed by atoms with E-state index < -0.39 is 0 Å². The van der Waals surface area contributed by atoms with Crippen molar-refractivity contribution >= 4 is 11.1 Å². The topological polar surface area (TPSA) is 46.3 Å². The second-order valence-corrected chi connectivity index (χ2v) is 3.38. The van der Waals surface area contributed by atoms with Crippen LogP contribution >= 0.6 is 0 Å². The molecule has 2 heterocycles. The molecule has 1 N–H and O–H groups in total. The van der Waals surface area contributed by atoms with E-state index in [0.29, 0.717) is 12.1 Å². The van der Waals surface area contributed by atoms with E-state index in [1.807, 2.05) is 25.1 Å². The van der Waals surface area contributed by atoms with Gasteiger partial charge in [0.25, 0.3) is 0 Å². The molecule has 0 saturated heterocycles. The van der Waals surface area contributed by atoms with Crippen molar-refractivity contribution in [3.63, 3.8) is 0 Å². The fraction of sp³-hybridized carbons (Fsp3) is 0.364. The molecule has 0 aliphatic heterocycles. The van der Waals surface area contributed by atoms with Crippen LogP contribution in [0.4, 0.5) is 0 Å². The molecule has 0 aromatic carbocycles. The molecule has 0 fully saturated rings. The minimum Gasteiger partial charge on any atom is -0.443 e. The number of pyridine rings is 1. The normalized spacial score (nSPS) is 13.3. The molecule has 0 amide bonds. The smallest absolute Gasteiger partial charge is 0.226 e. The third kappa shape index (κ3) is 1.77. The fourth-order valence-corrected chi connectivity index (χ4v) is 1.40. The predicted octanol–water partition coefficient (Wildman–Crippen LogP) is 2.14. The largest absolute Gasteiger partial charge is 0.443 e. The molecule has 74 valence electrons. The highest BCUT2D eigenvalue weighted by Gasteiger charge is 2.08. The maximum atomic E-state index is 9.46. The number of aliphatic hydroxyl groups is 1. The second-order valence-electron chi connectivity index (χ2n) is 3.38. The van der Waals surface area contributed by atoms with Crippen molar-refractivity contribution in [2.45, 2.75) is 25.9 Å². The molecule has 0 radical (unpaired) electrons. The van der Waals surface area contributed by atoms with Crippen LogP contribution in [0, 0.1) is 0 Å². The molecule has 14 heavy (non-hydrogen) atoms. The first-order chi connectivity index (χ1) is 6.79. The van der Waals surface area contributed by atoms with Gasteiger partial charge in [-0.3, -0.25) is 0 Å². The number of hydrogen-bond donors (Lipinski definition) is 1. The number of fused-ring (bicyclic) bond motifs is 1. The van der Waals surface area contributed by atoms with Crippen molar-refractivity contribution in [3.8, 4) is 0 Å². The van der Waals surface area contributed by atoms with Crippen LogP contribution in [0.15, 0.2) is 28.8 Å². The third-order valence-corrected chi connectivity index (χ3v) is 2.25. The molecule has 0 spiro atoms. The van der Waals surface area contributed by atoms with Gasteiger partial charge in [-0.15, -0.1) is 0 Å². The Morgan fingerprint density at radius 3 is 3.14 bits per heavy atom. The minimum atomic E-state index is -0.324. The van der Waals surface area contributed by atoms with E-state index in [1.165, 1.54) is 0 Å². The molecule has 0 aliphatic rings. The lowest BCUT2D eigenvalue weighted by atomic mass is 10.1. The van der Waals surface area contributed by atoms with Gasteiger partial charge in [-0.1, -0.05) is 6.92 Å². The Balaban J connectivity index is 2.27. The highest BCUT2D eigenvalue weighted by Crippen LogP contribution is 2.18. The molecule has 0 saturated carbocycles. The zero-order valence-electron chi connectivity index (χ0n) is 8.10. The van der Waals surface area contributed by atoms with E-state index in [9.17, 15) is 5.11 Å². The van der Waals surface area contributed by atoms with Crippen molar-refractivity contribution in [1.29, 1.82) is 0 Å². The summed E-state index contributed by atoms with van der Waals surface area (Å²) in [6.07, 6.45) is 2.68. The Morgan fingerprint density at radius 1 is 1.57 bits per heavy atom. The molecule has 2 aromatic rings. The monoisotopic (exact) mass is 191 g/mol. The van der Waals surface area contributed by atoms with Crippen molar-refractivity contribution < 1.29 is 9.52 Å². The molecule has 0 bridgehead atoms. The Kier molecular flexibility index (Phi) is 2.50. The average Bonchev–Trinajstić information content (AvgIpc) is 2.59. The Morgan fingerprint density at radius 2 is 2.43 bits per heavy atom. The van der Waals surface area contributed by atoms with Crippen LogP contribution in [-0.2, 0) is 6.42 Å². The summed E-state index contributed by atoms with van der Waals surface area (Å²) in [6.45, 7) is 1.95. The second kappa shape index (κ2) is 3.80. The summed E-state index contributed by atoms with van der Waals surface area (Å²) >= 11 is 0. The van der Waals surface area contributed by atoms with Gasteiger partial charge in [0.05, 0.1) is 6.10 Å². The van der Waals surface area contributed by atoms with Crippen LogP contribution < -0.4 is 0 Å². The van der Waals surface area contributed by atoms with Crippen molar-refractivity contribution in [2.75, 3.05) is 0 Å². The van der Waals surface area contributed by atoms with Crippen LogP contribution in [0.3, 0.4) is 0 Å². The number of aliphatic hydroxyl groups excluding tert-OH is 1. The first kappa shape index (κ1) is 9.21. The zero-order valence-corrected chi connectivity index (χ0v) is 8.10. The number of rotatable bonds is 3. The summed E-state index contributed by atoms with van der Waals surface area (Å²) in [4.78, 5) is 4.09. The maximum absolute atomic E-state index is 9.46. The number of furan rings is 1. The molecule has 1 atom stereocenters. The molecule has 3 nitrogen and oxygen atoms in total. The molecule has 0 aliphatic carbocycles. The number of hydrogen-bond acceptors (Lipinski definition) is 3. The van der Waals surface area contributed by atoms with Gasteiger partial charge < -0.3 is 9.52 Å². The van der Waals surface area contributed by atoms with Gasteiger partial charge in [0.15, 0.2) is 0 Å². The van der Waals surface area contributed by atoms with Crippen LogP contribution in [0.5, 0.6) is 0 Å². The van der Waals surface area contributed by atoms with E-state index in [-0.39, 0.29) is 6.10 Å². The molecule has 3 heteroatoms. The standard InChI is InChI=1S/C11H13NO2/c1-2-9(13)7-10-6-8-4-3-5-12-11(8)14-10/h3-6,9,13H,2,7H2,1H3. The van der Waals surface area contributed by atoms with Gasteiger partial charge >= 0.3 is 0 Å². The van der Waals surface area contributed by atoms with Crippen LogP contribution in [-0.4, -0.2) is 16.2 Å². The lowest BCUT2D eigenvalue weighted by Crippen LogP contribution is -2.07. The van der Waals surface area contributed by atoms with E-state index in [0.717, 1.165) is 17.6 Å². The zero-order chi connectivity index (χ0) is 9.97. The summed E-state index contributed by atoms with van der Waals surface area (Å²) < 4.78 is 5.47. The van der Waals surface area contributed by atoms with Gasteiger partial charge in [-0.05, 0) is 24.6 Å². The average molecular weight is 191 g/mol. The van der Waals surface area contributed by atoms with Crippen molar-refractivity contribution in [2.24, 2.45) is 0 Å². The third-order valence-electron chi connectivity index (χ3n) is 2.25. The molecular weight excluding hydrogens is 178 g/mol. The summed E-state index contributed by atoms with van der Waals surface area (Å²) in [6, 6.07) is 5.76. The van der Waals surface area contributed by atoms with Crippen molar-refractivity contribution in [3.05, 3.63) is 30.2 Å². The fourth-order valence-electron chi connectivity index (χ4n) is 1.40. The Labute approximate surface area is 82.4 Å². The molecule has 2 aromatic heterocycles. The van der Waals surface area contributed by atoms with Gasteiger partial charge in [0.1, 0.15) is 5.76 Å². The first-order valence-electron chi connectivity index (χ1n) is 4.81. The first-order valence-corrected chi connectivity index (χ1v) is 4.81. The minimum absolute atomic E-state index is 0.324. The van der Waals surface area contributed by atoms with Gasteiger partial charge in [0.2, 0.25) is 5.71 Å². The summed E-state index contributed by atoms with van der Waals surface area (Å²) in [5.41, 5.74) is 0.644. The quantitative estimate of drug-likeness (QED) is 0.808. The van der Waals surface area contributed by atoms with Gasteiger partial charge in [0, 0.05) is 18.0 Å². The van der Waals surface area contributed by atoms with E-state index in [4.69, 9.17) is 4.42 Å². The Hall–Kier alpha value is -1.35. The van der Waals surface area contributed by atoms with Crippen molar-refractivity contribution in [1.82, 2.24) is 4.98 Å². The maximum Gasteiger partial charge on any atom is 0.226 e. The van der Waals surface area contributed by atoms with E-state index in [1.54, 1.807) is 6.20 Å². The number of aromatic nitrogens is 1. The highest BCUT2D eigenvalue weighted by molar-refractivity contribution is 5.73. The summed E-state index contributed by atoms with van der Waals surface area (Å²) in [7, 11) is 0. The molecular formula is C11H13NO2. The van der Waals surface area contributed by atoms with Gasteiger partial charge in [-0.2, -0.15) is 0 Å². The highest BCUT2D eigenvalue weighted by atomic mass is 16.3. The van der Waals surface area contributed by atoms with Gasteiger partial charge in [-0.25, -0.2) is 4.98 Å². The van der Waals surface area contributed by atoms with Crippen LogP contribution in [0.1, 0.15) is 19.1 Å². The SMILES string of the molecule is CCC(O)Cc1cc2cccnc2o1. The lowest BCUT2D eigenvalue weighted by Gasteiger charge is -2.02. The summed E-state index contributed by atoms with van der Waals surface area (Å²) in [5, 5.41) is 10.4. The summed E-state index contributed by atoms with van der Waals surface area (Å²) in [5.74, 6) is 0.799. The molecule has 1 unspecified atom stereocenters. The number of nitrogens with zero attached hydrogens (tertiary/aromatic N) is 1. The van der Waals surface area contributed by atoms with E-state index >= 15 is 0 Å². The van der Waals surface area contributed by atoms with Crippen LogP contribution in [0.2, 0.25) is 0 Å². The molecule has 2 rings (SSSR count). The predicted molar refractivity (Wildman–Crippen MR) is 54.0 cm³/mol.